The molecule has 1 aromatic rings. The molecule has 1 saturated heterocycles. The molecule has 2 aliphatic rings. The van der Waals surface area contributed by atoms with Crippen molar-refractivity contribution < 1.29 is 35.2 Å². The second kappa shape index (κ2) is 17.0. The Labute approximate surface area is 273 Å². The molecule has 0 saturated carbocycles. The van der Waals surface area contributed by atoms with Crippen LogP contribution in [-0.2, 0) is 23.8 Å². The van der Waals surface area contributed by atoms with Gasteiger partial charge in [0.2, 0.25) is 0 Å². The predicted octanol–water partition coefficient (Wildman–Crippen LogP) is 10.7. The zero-order chi connectivity index (χ0) is 33.1. The standard InChI is InChI=1S/C23H24F3O5S.3C4H9.Sn/c1-4-5-10-16-11-6-8-13-18(16)20-21(31-22(2,3)30-20)19-14-9-7-12-17(19)15-29-32(27,28)23(24,25)26;3*1-3-4-2;/h1,4-6,8,10-11,13-15,20-21H,7,9,12H2,2-3H3;3*1,3-4H2,2H3;/b4-1?,10-5+,17-15-;;;;/t20-,21-;;;;/m1..../s1. The summed E-state index contributed by atoms with van der Waals surface area (Å²) < 4.78 is 86.0. The number of ether oxygens (including phenoxy) is 2. The van der Waals surface area contributed by atoms with Gasteiger partial charge in [-0.2, -0.15) is 21.6 Å². The molecule has 0 unspecified atom stereocenters. The Morgan fingerprint density at radius 1 is 0.956 bits per heavy atom. The second-order valence-corrected chi connectivity index (χ2v) is 27.3. The van der Waals surface area contributed by atoms with Gasteiger partial charge in [-0.3, -0.25) is 0 Å². The fourth-order valence-electron chi connectivity index (χ4n) is 6.20. The van der Waals surface area contributed by atoms with Crippen molar-refractivity contribution in [2.24, 2.45) is 0 Å². The minimum absolute atomic E-state index is 0.358. The average Bonchev–Trinajstić information content (AvgIpc) is 3.33. The molecule has 45 heavy (non-hydrogen) atoms. The van der Waals surface area contributed by atoms with Crippen LogP contribution in [-0.4, -0.2) is 44.2 Å². The molecule has 1 heterocycles. The summed E-state index contributed by atoms with van der Waals surface area (Å²) in [5, 5.41) is 0. The van der Waals surface area contributed by atoms with Crippen molar-refractivity contribution in [3.05, 3.63) is 75.1 Å². The van der Waals surface area contributed by atoms with Crippen LogP contribution in [0, 0.1) is 0 Å². The number of alkyl halides is 3. The molecular formula is C35H51F3O5SSn. The summed E-state index contributed by atoms with van der Waals surface area (Å²) in [6.45, 7) is 10.4. The molecule has 252 valence electrons. The summed E-state index contributed by atoms with van der Waals surface area (Å²) in [5.74, 6) is -0.972. The van der Waals surface area contributed by atoms with Crippen LogP contribution in [0.3, 0.4) is 0 Å². The Morgan fingerprint density at radius 3 is 2.16 bits per heavy atom. The van der Waals surface area contributed by atoms with Crippen LogP contribution in [0.5, 0.6) is 0 Å². The van der Waals surface area contributed by atoms with E-state index in [0.29, 0.717) is 36.7 Å². The van der Waals surface area contributed by atoms with Crippen LogP contribution in [0.4, 0.5) is 13.2 Å². The average molecular weight is 760 g/mol. The van der Waals surface area contributed by atoms with E-state index in [1.165, 1.54) is 51.8 Å². The Hall–Kier alpha value is -1.56. The number of halogens is 3. The second-order valence-electron chi connectivity index (χ2n) is 12.7. The van der Waals surface area contributed by atoms with Crippen molar-refractivity contribution in [2.45, 2.75) is 129 Å². The van der Waals surface area contributed by atoms with Crippen LogP contribution in [0.25, 0.3) is 6.08 Å². The Morgan fingerprint density at radius 2 is 1.56 bits per heavy atom. The van der Waals surface area contributed by atoms with Crippen molar-refractivity contribution in [2.75, 3.05) is 0 Å². The molecule has 1 fully saturated rings. The molecule has 2 atom stereocenters. The van der Waals surface area contributed by atoms with Crippen molar-refractivity contribution >= 4 is 34.6 Å². The van der Waals surface area contributed by atoms with Crippen LogP contribution in [0.1, 0.15) is 110 Å². The first-order chi connectivity index (χ1) is 21.3. The molecule has 5 nitrogen and oxygen atoms in total. The van der Waals surface area contributed by atoms with E-state index in [1.807, 2.05) is 30.3 Å². The zero-order valence-electron chi connectivity index (χ0n) is 27.5. The molecule has 0 N–H and O–H groups in total. The van der Waals surface area contributed by atoms with Gasteiger partial charge < -0.3 is 0 Å². The number of hydrogen-bond donors (Lipinski definition) is 0. The van der Waals surface area contributed by atoms with Gasteiger partial charge in [0, 0.05) is 0 Å². The van der Waals surface area contributed by atoms with Gasteiger partial charge in [0.1, 0.15) is 0 Å². The maximum absolute atomic E-state index is 13.0. The Bertz CT molecular complexity index is 1310. The number of rotatable bonds is 16. The van der Waals surface area contributed by atoms with Crippen LogP contribution >= 0.6 is 0 Å². The topological polar surface area (TPSA) is 61.8 Å². The van der Waals surface area contributed by atoms with Crippen molar-refractivity contribution in [3.63, 3.8) is 0 Å². The monoisotopic (exact) mass is 760 g/mol. The van der Waals surface area contributed by atoms with E-state index < -0.39 is 52.0 Å². The molecule has 3 rings (SSSR count). The van der Waals surface area contributed by atoms with E-state index in [-0.39, 0.29) is 0 Å². The molecule has 10 heteroatoms. The molecule has 1 aliphatic heterocycles. The minimum atomic E-state index is -5.77. The fourth-order valence-corrected chi connectivity index (χ4v) is 20.7. The number of unbranched alkanes of at least 4 members (excludes halogenated alkanes) is 3. The number of benzene rings is 1. The van der Waals surface area contributed by atoms with Crippen LogP contribution in [0.15, 0.2) is 64.0 Å². The summed E-state index contributed by atoms with van der Waals surface area (Å²) in [6, 6.07) is 7.91. The first-order valence-corrected chi connectivity index (χ1v) is 25.6. The van der Waals surface area contributed by atoms with E-state index in [0.717, 1.165) is 11.1 Å². The summed E-state index contributed by atoms with van der Waals surface area (Å²) in [6.07, 6.45) is 17.2. The molecule has 1 aromatic carbocycles. The third-order valence-corrected chi connectivity index (χ3v) is 23.7. The molecule has 1 aliphatic carbocycles. The number of hydrogen-bond acceptors (Lipinski definition) is 5. The van der Waals surface area contributed by atoms with E-state index in [2.05, 4.69) is 47.3 Å². The van der Waals surface area contributed by atoms with Gasteiger partial charge in [-0.05, 0) is 0 Å². The van der Waals surface area contributed by atoms with Crippen molar-refractivity contribution in [1.29, 1.82) is 0 Å². The normalized spacial score (nSPS) is 22.0. The quantitative estimate of drug-likeness (QED) is 0.0552. The van der Waals surface area contributed by atoms with E-state index in [9.17, 15) is 21.6 Å². The van der Waals surface area contributed by atoms with Crippen molar-refractivity contribution in [3.8, 4) is 0 Å². The SMILES string of the molecule is CCC[CH2][Sn](/[CH]=C/C=C/c1ccccc1[C@H]1OC(C)(C)O[C@@H]1C1=CCCC/C1=C/OS(=O)(=O)C(F)(F)F)([CH2]CCC)[CH2]CCC. The van der Waals surface area contributed by atoms with Crippen molar-refractivity contribution in [1.82, 2.24) is 0 Å². The summed E-state index contributed by atoms with van der Waals surface area (Å²) in [7, 11) is -5.77. The van der Waals surface area contributed by atoms with Gasteiger partial charge in [0.05, 0.1) is 0 Å². The van der Waals surface area contributed by atoms with Gasteiger partial charge in [-0.15, -0.1) is 0 Å². The first kappa shape index (κ1) is 37.9. The molecule has 0 bridgehead atoms. The van der Waals surface area contributed by atoms with E-state index in [1.54, 1.807) is 13.8 Å². The first-order valence-electron chi connectivity index (χ1n) is 16.5. The van der Waals surface area contributed by atoms with Gasteiger partial charge in [-0.1, -0.05) is 0 Å². The maximum atomic E-state index is 13.0. The molecule has 0 radical (unpaired) electrons. The summed E-state index contributed by atoms with van der Waals surface area (Å²) in [4.78, 5) is 0. The molecular weight excluding hydrogens is 708 g/mol. The van der Waals surface area contributed by atoms with Gasteiger partial charge in [0.25, 0.3) is 0 Å². The van der Waals surface area contributed by atoms with E-state index in [4.69, 9.17) is 9.47 Å². The third kappa shape index (κ3) is 10.7. The third-order valence-electron chi connectivity index (χ3n) is 8.61. The van der Waals surface area contributed by atoms with Gasteiger partial charge >= 0.3 is 253 Å². The molecule has 0 spiro atoms. The Kier molecular flexibility index (Phi) is 14.3. The van der Waals surface area contributed by atoms with Gasteiger partial charge in [-0.25, -0.2) is 0 Å². The molecule has 0 aromatic heterocycles. The molecule has 0 amide bonds. The van der Waals surface area contributed by atoms with E-state index >= 15 is 0 Å². The summed E-state index contributed by atoms with van der Waals surface area (Å²) in [5.41, 5.74) is -2.70. The zero-order valence-corrected chi connectivity index (χ0v) is 31.2. The Balaban J connectivity index is 1.93. The summed E-state index contributed by atoms with van der Waals surface area (Å²) >= 11 is -2.44. The fraction of sp³-hybridized carbons (Fsp3) is 0.600. The number of allylic oxidation sites excluding steroid dienone is 3. The predicted molar refractivity (Wildman–Crippen MR) is 178 cm³/mol. The van der Waals surface area contributed by atoms with Crippen LogP contribution in [0.2, 0.25) is 13.3 Å². The van der Waals surface area contributed by atoms with Crippen LogP contribution < -0.4 is 0 Å². The van der Waals surface area contributed by atoms with Gasteiger partial charge in [0.15, 0.2) is 0 Å².